The summed E-state index contributed by atoms with van der Waals surface area (Å²) >= 11 is 0. The van der Waals surface area contributed by atoms with Crippen molar-refractivity contribution in [2.45, 2.75) is 0 Å². The number of primary amides is 2. The van der Waals surface area contributed by atoms with Gasteiger partial charge in [0.05, 0.1) is 33.4 Å². The lowest BCUT2D eigenvalue weighted by molar-refractivity contribution is 0.0393. The maximum absolute atomic E-state index is 12.4. The second-order valence-electron chi connectivity index (χ2n) is 5.54. The van der Waals surface area contributed by atoms with Crippen molar-refractivity contribution in [3.63, 3.8) is 0 Å². The van der Waals surface area contributed by atoms with Gasteiger partial charge >= 0.3 is 23.9 Å². The number of ether oxygens (including phenoxy) is 1. The van der Waals surface area contributed by atoms with E-state index in [1.54, 1.807) is 0 Å². The Morgan fingerprint density at radius 3 is 1.24 bits per heavy atom. The molecule has 2 rings (SSSR count). The molecule has 0 atom stereocenters. The number of carbonyl (C=O) groups excluding carboxylic acids is 4. The number of aromatic carboxylic acids is 2. The van der Waals surface area contributed by atoms with Crippen LogP contribution in [0.15, 0.2) is 36.4 Å². The van der Waals surface area contributed by atoms with Gasteiger partial charge in [-0.25, -0.2) is 19.2 Å². The third kappa shape index (κ3) is 4.42. The Hall–Kier alpha value is -4.54. The van der Waals surface area contributed by atoms with E-state index < -0.39 is 57.9 Å². The van der Waals surface area contributed by atoms with Gasteiger partial charge in [-0.15, -0.1) is 0 Å². The van der Waals surface area contributed by atoms with E-state index in [1.807, 2.05) is 0 Å². The molecule has 2 aromatic carbocycles. The topological polar surface area (TPSA) is 204 Å². The van der Waals surface area contributed by atoms with Crippen LogP contribution in [0.4, 0.5) is 0 Å². The highest BCUT2D eigenvalue weighted by Gasteiger charge is 2.25. The van der Waals surface area contributed by atoms with E-state index in [4.69, 9.17) is 21.7 Å². The number of hydrogen-bond acceptors (Lipinski definition) is 7. The monoisotopic (exact) mass is 400 g/mol. The Kier molecular flexibility index (Phi) is 5.73. The van der Waals surface area contributed by atoms with Crippen LogP contribution in [-0.2, 0) is 4.74 Å². The second-order valence-corrected chi connectivity index (χ2v) is 5.54. The summed E-state index contributed by atoms with van der Waals surface area (Å²) in [7, 11) is 0. The summed E-state index contributed by atoms with van der Waals surface area (Å²) in [6, 6.07) is 5.52. The number of nitrogens with two attached hydrogens (primary N) is 2. The maximum Gasteiger partial charge on any atom is 0.346 e. The predicted octanol–water partition coefficient (Wildman–Crippen LogP) is 0.278. The highest BCUT2D eigenvalue weighted by molar-refractivity contribution is 6.13. The van der Waals surface area contributed by atoms with Crippen molar-refractivity contribution in [1.82, 2.24) is 0 Å². The number of carbonyl (C=O) groups is 6. The Labute approximate surface area is 161 Å². The minimum absolute atomic E-state index is 0.389. The van der Waals surface area contributed by atoms with E-state index in [-0.39, 0.29) is 11.1 Å². The molecule has 0 bridgehead atoms. The van der Waals surface area contributed by atoms with Gasteiger partial charge in [-0.1, -0.05) is 0 Å². The lowest BCUT2D eigenvalue weighted by Crippen LogP contribution is -2.23. The summed E-state index contributed by atoms with van der Waals surface area (Å²) in [6.07, 6.45) is 0. The summed E-state index contributed by atoms with van der Waals surface area (Å²) in [5, 5.41) is 18.0. The molecule has 2 amide bonds. The van der Waals surface area contributed by atoms with Crippen molar-refractivity contribution < 1.29 is 43.7 Å². The van der Waals surface area contributed by atoms with Gasteiger partial charge in [-0.3, -0.25) is 9.59 Å². The molecule has 0 saturated carbocycles. The van der Waals surface area contributed by atoms with Crippen LogP contribution in [0.25, 0.3) is 0 Å². The van der Waals surface area contributed by atoms with Crippen molar-refractivity contribution >= 4 is 35.7 Å². The molecule has 0 aliphatic heterocycles. The molecule has 0 spiro atoms. The van der Waals surface area contributed by atoms with Gasteiger partial charge in [0.2, 0.25) is 11.8 Å². The van der Waals surface area contributed by atoms with Crippen LogP contribution >= 0.6 is 0 Å². The molecule has 148 valence electrons. The van der Waals surface area contributed by atoms with Gasteiger partial charge in [0, 0.05) is 0 Å². The third-order valence-corrected chi connectivity index (χ3v) is 3.69. The Balaban J connectivity index is 2.47. The molecule has 0 aliphatic rings. The number of carboxylic acids is 2. The number of amides is 2. The smallest absolute Gasteiger partial charge is 0.346 e. The first-order chi connectivity index (χ1) is 13.5. The highest BCUT2D eigenvalue weighted by atomic mass is 16.6. The van der Waals surface area contributed by atoms with Crippen LogP contribution < -0.4 is 11.5 Å². The molecule has 11 nitrogen and oxygen atoms in total. The van der Waals surface area contributed by atoms with E-state index in [2.05, 4.69) is 4.74 Å². The van der Waals surface area contributed by atoms with Gasteiger partial charge in [-0.2, -0.15) is 0 Å². The molecule has 0 heterocycles. The van der Waals surface area contributed by atoms with Gasteiger partial charge < -0.3 is 26.4 Å². The zero-order chi connectivity index (χ0) is 21.9. The van der Waals surface area contributed by atoms with E-state index in [9.17, 15) is 28.8 Å². The first-order valence-electron chi connectivity index (χ1n) is 7.63. The normalized spacial score (nSPS) is 10.1. The number of rotatable bonds is 6. The highest BCUT2D eigenvalue weighted by Crippen LogP contribution is 2.17. The summed E-state index contributed by atoms with van der Waals surface area (Å²) in [6.45, 7) is 0. The molecular weight excluding hydrogens is 388 g/mol. The lowest BCUT2D eigenvalue weighted by Gasteiger charge is -2.10. The summed E-state index contributed by atoms with van der Waals surface area (Å²) < 4.78 is 4.59. The predicted molar refractivity (Wildman–Crippen MR) is 93.6 cm³/mol. The molecule has 0 aliphatic carbocycles. The standard InChI is InChI=1S/C18H12N2O9/c19-13(21)9-3-1-7(15(23)24)5-11(9)17(27)29-18(28)12-6-8(16(25)26)2-4-10(12)14(20)22/h1-6H,(H2,19,21)(H2,20,22)(H,23,24)(H,25,26). The molecule has 0 radical (unpaired) electrons. The average molecular weight is 400 g/mol. The fourth-order valence-corrected chi connectivity index (χ4v) is 2.32. The number of carboxylic acid groups (broad SMARTS) is 2. The van der Waals surface area contributed by atoms with Crippen molar-refractivity contribution in [3.05, 3.63) is 69.8 Å². The number of hydrogen-bond donors (Lipinski definition) is 4. The average Bonchev–Trinajstić information content (AvgIpc) is 2.66. The largest absolute Gasteiger partial charge is 0.478 e. The van der Waals surface area contributed by atoms with Gasteiger partial charge in [-0.05, 0) is 36.4 Å². The van der Waals surface area contributed by atoms with Crippen LogP contribution in [-0.4, -0.2) is 45.9 Å². The summed E-state index contributed by atoms with van der Waals surface area (Å²) in [5.41, 5.74) is 7.44. The van der Waals surface area contributed by atoms with Gasteiger partial charge in [0.15, 0.2) is 0 Å². The summed E-state index contributed by atoms with van der Waals surface area (Å²) in [4.78, 5) is 69.8. The molecule has 29 heavy (non-hydrogen) atoms. The maximum atomic E-state index is 12.4. The lowest BCUT2D eigenvalue weighted by atomic mass is 10.0. The van der Waals surface area contributed by atoms with Crippen LogP contribution in [0.1, 0.15) is 62.1 Å². The van der Waals surface area contributed by atoms with Crippen molar-refractivity contribution in [2.24, 2.45) is 11.5 Å². The van der Waals surface area contributed by atoms with Crippen molar-refractivity contribution in [2.75, 3.05) is 0 Å². The number of benzene rings is 2. The third-order valence-electron chi connectivity index (χ3n) is 3.69. The van der Waals surface area contributed by atoms with Gasteiger partial charge in [0.1, 0.15) is 0 Å². The molecule has 0 aromatic heterocycles. The first kappa shape index (κ1) is 20.8. The Morgan fingerprint density at radius 2 is 0.966 bits per heavy atom. The molecule has 6 N–H and O–H groups in total. The molecule has 2 aromatic rings. The first-order valence-corrected chi connectivity index (χ1v) is 7.63. The zero-order valence-corrected chi connectivity index (χ0v) is 14.4. The Bertz CT molecular complexity index is 1000. The summed E-state index contributed by atoms with van der Waals surface area (Å²) in [5.74, 6) is -7.91. The molecule has 11 heteroatoms. The van der Waals surface area contributed by atoms with E-state index in [0.29, 0.717) is 0 Å². The quantitative estimate of drug-likeness (QED) is 0.387. The fourth-order valence-electron chi connectivity index (χ4n) is 2.32. The Morgan fingerprint density at radius 1 is 0.621 bits per heavy atom. The van der Waals surface area contributed by atoms with Crippen molar-refractivity contribution in [3.8, 4) is 0 Å². The van der Waals surface area contributed by atoms with Crippen molar-refractivity contribution in [1.29, 1.82) is 0 Å². The van der Waals surface area contributed by atoms with Crippen LogP contribution in [0, 0.1) is 0 Å². The minimum Gasteiger partial charge on any atom is -0.478 e. The molecule has 0 fully saturated rings. The van der Waals surface area contributed by atoms with Gasteiger partial charge in [0.25, 0.3) is 0 Å². The van der Waals surface area contributed by atoms with Crippen LogP contribution in [0.2, 0.25) is 0 Å². The zero-order valence-electron chi connectivity index (χ0n) is 14.4. The molecular formula is C18H12N2O9. The van der Waals surface area contributed by atoms with E-state index in [0.717, 1.165) is 36.4 Å². The minimum atomic E-state index is -1.44. The molecule has 0 saturated heterocycles. The van der Waals surface area contributed by atoms with Crippen LogP contribution in [0.5, 0.6) is 0 Å². The number of esters is 2. The van der Waals surface area contributed by atoms with E-state index in [1.165, 1.54) is 0 Å². The SMILES string of the molecule is NC(=O)c1ccc(C(=O)O)cc1C(=O)OC(=O)c1cc(C(=O)O)ccc1C(N)=O. The van der Waals surface area contributed by atoms with Crippen LogP contribution in [0.3, 0.4) is 0 Å². The van der Waals surface area contributed by atoms with E-state index >= 15 is 0 Å². The second kappa shape index (κ2) is 8.00. The molecule has 0 unspecified atom stereocenters. The fraction of sp³-hybridized carbons (Fsp3) is 0.